The molecule has 0 aliphatic heterocycles. The van der Waals surface area contributed by atoms with Crippen LogP contribution in [-0.4, -0.2) is 31.0 Å². The van der Waals surface area contributed by atoms with E-state index in [1.54, 1.807) is 6.07 Å². The van der Waals surface area contributed by atoms with Crippen LogP contribution in [0.15, 0.2) is 83.9 Å². The van der Waals surface area contributed by atoms with Crippen LogP contribution in [0.4, 0.5) is 0 Å². The first-order chi connectivity index (χ1) is 14.9. The zero-order valence-corrected chi connectivity index (χ0v) is 17.8. The molecule has 0 saturated heterocycles. The number of benzene rings is 3. The van der Waals surface area contributed by atoms with Crippen LogP contribution in [0.25, 0.3) is 10.9 Å². The second-order valence-corrected chi connectivity index (χ2v) is 9.22. The number of carboxylic acids is 1. The van der Waals surface area contributed by atoms with E-state index in [0.29, 0.717) is 5.02 Å². The number of sulfonamides is 1. The minimum Gasteiger partial charge on any atom is -0.478 e. The molecule has 0 amide bonds. The highest BCUT2D eigenvalue weighted by molar-refractivity contribution is 7.89. The molecule has 0 fully saturated rings. The Bertz CT molecular complexity index is 1350. The lowest BCUT2D eigenvalue weighted by molar-refractivity contribution is 0.0696. The molecule has 1 atom stereocenters. The molecule has 0 aliphatic carbocycles. The lowest BCUT2D eigenvalue weighted by atomic mass is 9.91. The van der Waals surface area contributed by atoms with E-state index in [0.717, 1.165) is 22.0 Å². The molecule has 1 aromatic heterocycles. The molecule has 0 aliphatic rings. The van der Waals surface area contributed by atoms with Gasteiger partial charge < -0.3 is 10.1 Å². The molecule has 0 bridgehead atoms. The lowest BCUT2D eigenvalue weighted by Gasteiger charge is -2.19. The third-order valence-electron chi connectivity index (χ3n) is 5.17. The Hall–Kier alpha value is -3.13. The van der Waals surface area contributed by atoms with E-state index in [9.17, 15) is 13.2 Å². The number of H-pyrrole nitrogens is 1. The van der Waals surface area contributed by atoms with E-state index in [1.807, 2.05) is 48.7 Å². The van der Waals surface area contributed by atoms with Crippen LogP contribution >= 0.6 is 11.6 Å². The summed E-state index contributed by atoms with van der Waals surface area (Å²) in [5, 5.41) is 10.5. The minimum atomic E-state index is -3.86. The van der Waals surface area contributed by atoms with Gasteiger partial charge in [-0.2, -0.15) is 0 Å². The van der Waals surface area contributed by atoms with E-state index < -0.39 is 16.0 Å². The number of rotatable bonds is 7. The molecular formula is C23H19ClN2O4S. The number of aromatic amines is 1. The monoisotopic (exact) mass is 454 g/mol. The zero-order valence-electron chi connectivity index (χ0n) is 16.2. The number of hydrogen-bond acceptors (Lipinski definition) is 3. The minimum absolute atomic E-state index is 0.00525. The average Bonchev–Trinajstić information content (AvgIpc) is 3.19. The van der Waals surface area contributed by atoms with Gasteiger partial charge in [0.05, 0.1) is 10.5 Å². The van der Waals surface area contributed by atoms with E-state index in [-0.39, 0.29) is 22.9 Å². The normalized spacial score (nSPS) is 12.7. The van der Waals surface area contributed by atoms with Gasteiger partial charge >= 0.3 is 5.97 Å². The van der Waals surface area contributed by atoms with Crippen LogP contribution in [0.1, 0.15) is 27.4 Å². The van der Waals surface area contributed by atoms with Crippen molar-refractivity contribution in [2.24, 2.45) is 0 Å². The van der Waals surface area contributed by atoms with Gasteiger partial charge in [-0.1, -0.05) is 48.0 Å². The number of carbonyl (C=O) groups is 1. The SMILES string of the molecule is O=C(O)c1ccc(S(=O)(=O)NCC(c2ccccc2Cl)c2c[nH]c3ccccc23)cc1. The number of fused-ring (bicyclic) bond motifs is 1. The van der Waals surface area contributed by atoms with Crippen molar-refractivity contribution in [1.29, 1.82) is 0 Å². The fourth-order valence-electron chi connectivity index (χ4n) is 3.58. The van der Waals surface area contributed by atoms with Crippen molar-refractivity contribution < 1.29 is 18.3 Å². The number of aromatic nitrogens is 1. The van der Waals surface area contributed by atoms with Gasteiger partial charge in [0.25, 0.3) is 0 Å². The van der Waals surface area contributed by atoms with E-state index in [1.165, 1.54) is 24.3 Å². The number of nitrogens with one attached hydrogen (secondary N) is 2. The van der Waals surface area contributed by atoms with Crippen molar-refractivity contribution in [3.63, 3.8) is 0 Å². The lowest BCUT2D eigenvalue weighted by Crippen LogP contribution is -2.29. The first-order valence-corrected chi connectivity index (χ1v) is 11.4. The van der Waals surface area contributed by atoms with E-state index >= 15 is 0 Å². The molecule has 31 heavy (non-hydrogen) atoms. The van der Waals surface area contributed by atoms with Crippen LogP contribution < -0.4 is 4.72 Å². The topological polar surface area (TPSA) is 99.3 Å². The van der Waals surface area contributed by atoms with Crippen LogP contribution in [-0.2, 0) is 10.0 Å². The highest BCUT2D eigenvalue weighted by atomic mass is 35.5. The fraction of sp³-hybridized carbons (Fsp3) is 0.0870. The fourth-order valence-corrected chi connectivity index (χ4v) is 4.90. The van der Waals surface area contributed by atoms with Crippen LogP contribution in [0.3, 0.4) is 0 Å². The highest BCUT2D eigenvalue weighted by Crippen LogP contribution is 2.34. The Labute approximate surface area is 184 Å². The van der Waals surface area contributed by atoms with Crippen molar-refractivity contribution in [1.82, 2.24) is 9.71 Å². The Balaban J connectivity index is 1.68. The third-order valence-corrected chi connectivity index (χ3v) is 6.95. The molecule has 0 spiro atoms. The van der Waals surface area contributed by atoms with Crippen LogP contribution in [0.5, 0.6) is 0 Å². The summed E-state index contributed by atoms with van der Waals surface area (Å²) in [7, 11) is -3.86. The number of carboxylic acid groups (broad SMARTS) is 1. The molecular weight excluding hydrogens is 436 g/mol. The highest BCUT2D eigenvalue weighted by Gasteiger charge is 2.23. The molecule has 1 heterocycles. The summed E-state index contributed by atoms with van der Waals surface area (Å²) >= 11 is 6.46. The Morgan fingerprint density at radius 2 is 1.65 bits per heavy atom. The molecule has 1 unspecified atom stereocenters. The van der Waals surface area contributed by atoms with Gasteiger partial charge in [0.2, 0.25) is 10.0 Å². The molecule has 8 heteroatoms. The van der Waals surface area contributed by atoms with Crippen molar-refractivity contribution in [2.45, 2.75) is 10.8 Å². The molecule has 158 valence electrons. The van der Waals surface area contributed by atoms with Gasteiger partial charge in [-0.15, -0.1) is 0 Å². The summed E-state index contributed by atoms with van der Waals surface area (Å²) < 4.78 is 28.4. The van der Waals surface area contributed by atoms with Crippen molar-refractivity contribution in [2.75, 3.05) is 6.54 Å². The van der Waals surface area contributed by atoms with E-state index in [4.69, 9.17) is 16.7 Å². The standard InChI is InChI=1S/C23H19ClN2O4S/c24-21-7-3-1-5-17(21)20(19-13-25-22-8-4-2-6-18(19)22)14-26-31(29,30)16-11-9-15(10-12-16)23(27)28/h1-13,20,25-26H,14H2,(H,27,28). The van der Waals surface area contributed by atoms with Gasteiger partial charge in [-0.3, -0.25) is 0 Å². The second kappa shape index (κ2) is 8.55. The van der Waals surface area contributed by atoms with Gasteiger partial charge in [-0.05, 0) is 47.5 Å². The summed E-state index contributed by atoms with van der Waals surface area (Å²) in [6.07, 6.45) is 1.87. The van der Waals surface area contributed by atoms with Crippen molar-refractivity contribution in [3.05, 3.63) is 101 Å². The third kappa shape index (κ3) is 4.34. The molecule has 0 radical (unpaired) electrons. The molecule has 3 aromatic carbocycles. The summed E-state index contributed by atoms with van der Waals surface area (Å²) in [4.78, 5) is 14.2. The number of aromatic carboxylic acids is 1. The summed E-state index contributed by atoms with van der Waals surface area (Å²) in [6, 6.07) is 20.2. The molecule has 6 nitrogen and oxygen atoms in total. The first-order valence-electron chi connectivity index (χ1n) is 9.50. The molecule has 0 saturated carbocycles. The van der Waals surface area contributed by atoms with Gasteiger partial charge in [-0.25, -0.2) is 17.9 Å². The predicted octanol–water partition coefficient (Wildman–Crippen LogP) is 4.63. The molecule has 4 rings (SSSR count). The zero-order chi connectivity index (χ0) is 22.0. The summed E-state index contributed by atoms with van der Waals surface area (Å²) in [5.74, 6) is -1.45. The Morgan fingerprint density at radius 1 is 0.968 bits per heavy atom. The molecule has 3 N–H and O–H groups in total. The van der Waals surface area contributed by atoms with E-state index in [2.05, 4.69) is 9.71 Å². The smallest absolute Gasteiger partial charge is 0.335 e. The number of para-hydroxylation sites is 1. The largest absolute Gasteiger partial charge is 0.478 e. The van der Waals surface area contributed by atoms with Crippen LogP contribution in [0.2, 0.25) is 5.02 Å². The van der Waals surface area contributed by atoms with Gasteiger partial charge in [0.1, 0.15) is 0 Å². The maximum Gasteiger partial charge on any atom is 0.335 e. The van der Waals surface area contributed by atoms with Gasteiger partial charge in [0.15, 0.2) is 0 Å². The van der Waals surface area contributed by atoms with Crippen LogP contribution in [0, 0.1) is 0 Å². The maximum atomic E-state index is 12.9. The Kier molecular flexibility index (Phi) is 5.82. The Morgan fingerprint density at radius 3 is 2.35 bits per heavy atom. The average molecular weight is 455 g/mol. The predicted molar refractivity (Wildman–Crippen MR) is 120 cm³/mol. The van der Waals surface area contributed by atoms with Crippen molar-refractivity contribution >= 4 is 38.5 Å². The van der Waals surface area contributed by atoms with Crippen molar-refractivity contribution in [3.8, 4) is 0 Å². The maximum absolute atomic E-state index is 12.9. The number of hydrogen-bond donors (Lipinski definition) is 3. The first kappa shape index (κ1) is 21.1. The summed E-state index contributed by atoms with van der Waals surface area (Å²) in [6.45, 7) is 0.0780. The second-order valence-electron chi connectivity index (χ2n) is 7.05. The molecule has 4 aromatic rings. The number of halogens is 1. The quantitative estimate of drug-likeness (QED) is 0.379. The van der Waals surface area contributed by atoms with Gasteiger partial charge in [0, 0.05) is 34.6 Å². The summed E-state index contributed by atoms with van der Waals surface area (Å²) in [5.41, 5.74) is 2.69.